The minimum atomic E-state index is 0.118. The summed E-state index contributed by atoms with van der Waals surface area (Å²) >= 11 is 0. The molecule has 4 nitrogen and oxygen atoms in total. The SMILES string of the molecule is COc1ccc(NC(C)c2nccnc2C)cc1. The van der Waals surface area contributed by atoms with Gasteiger partial charge in [0.2, 0.25) is 0 Å². The molecule has 4 heteroatoms. The Bertz CT molecular complexity index is 511. The molecule has 2 rings (SSSR count). The maximum atomic E-state index is 5.13. The molecule has 1 heterocycles. The minimum absolute atomic E-state index is 0.118. The number of anilines is 1. The summed E-state index contributed by atoms with van der Waals surface area (Å²) in [7, 11) is 1.66. The maximum absolute atomic E-state index is 5.13. The van der Waals surface area contributed by atoms with E-state index in [2.05, 4.69) is 22.2 Å². The van der Waals surface area contributed by atoms with Crippen LogP contribution in [-0.4, -0.2) is 17.1 Å². The van der Waals surface area contributed by atoms with Gasteiger partial charge in [0.15, 0.2) is 0 Å². The number of ether oxygens (including phenoxy) is 1. The maximum Gasteiger partial charge on any atom is 0.119 e. The van der Waals surface area contributed by atoms with Crippen LogP contribution in [0.15, 0.2) is 36.7 Å². The highest BCUT2D eigenvalue weighted by atomic mass is 16.5. The first-order chi connectivity index (χ1) is 8.70. The van der Waals surface area contributed by atoms with Gasteiger partial charge in [0.05, 0.1) is 24.5 Å². The summed E-state index contributed by atoms with van der Waals surface area (Å²) in [5.74, 6) is 0.851. The molecule has 0 saturated carbocycles. The predicted octanol–water partition coefficient (Wildman–Crippen LogP) is 2.97. The van der Waals surface area contributed by atoms with E-state index in [1.807, 2.05) is 31.2 Å². The molecule has 0 aliphatic heterocycles. The van der Waals surface area contributed by atoms with Crippen molar-refractivity contribution in [2.75, 3.05) is 12.4 Å². The van der Waals surface area contributed by atoms with Crippen molar-refractivity contribution in [3.05, 3.63) is 48.0 Å². The number of hydrogen-bond acceptors (Lipinski definition) is 4. The number of methoxy groups -OCH3 is 1. The van der Waals surface area contributed by atoms with E-state index in [0.29, 0.717) is 0 Å². The zero-order valence-corrected chi connectivity index (χ0v) is 10.8. The van der Waals surface area contributed by atoms with Crippen LogP contribution in [0.5, 0.6) is 5.75 Å². The molecule has 94 valence electrons. The van der Waals surface area contributed by atoms with Crippen molar-refractivity contribution in [1.29, 1.82) is 0 Å². The Morgan fingerprint density at radius 2 is 1.78 bits per heavy atom. The number of hydrogen-bond donors (Lipinski definition) is 1. The summed E-state index contributed by atoms with van der Waals surface area (Å²) in [6.45, 7) is 4.04. The van der Waals surface area contributed by atoms with Crippen LogP contribution in [0.2, 0.25) is 0 Å². The number of aromatic nitrogens is 2. The van der Waals surface area contributed by atoms with Gasteiger partial charge in [-0.15, -0.1) is 0 Å². The quantitative estimate of drug-likeness (QED) is 0.896. The van der Waals surface area contributed by atoms with Gasteiger partial charge < -0.3 is 10.1 Å². The van der Waals surface area contributed by atoms with Crippen LogP contribution in [-0.2, 0) is 0 Å². The second kappa shape index (κ2) is 5.49. The van der Waals surface area contributed by atoms with Crippen LogP contribution >= 0.6 is 0 Å². The average Bonchev–Trinajstić information content (AvgIpc) is 2.40. The molecular weight excluding hydrogens is 226 g/mol. The molecule has 0 saturated heterocycles. The Kier molecular flexibility index (Phi) is 3.77. The molecule has 0 aliphatic carbocycles. The van der Waals surface area contributed by atoms with Gasteiger partial charge in [0.25, 0.3) is 0 Å². The molecule has 1 N–H and O–H groups in total. The molecule has 0 fully saturated rings. The largest absolute Gasteiger partial charge is 0.497 e. The highest BCUT2D eigenvalue weighted by molar-refractivity contribution is 5.47. The first kappa shape index (κ1) is 12.4. The molecule has 0 amide bonds. The van der Waals surface area contributed by atoms with Crippen molar-refractivity contribution in [3.63, 3.8) is 0 Å². The van der Waals surface area contributed by atoms with E-state index in [-0.39, 0.29) is 6.04 Å². The van der Waals surface area contributed by atoms with E-state index in [0.717, 1.165) is 22.8 Å². The average molecular weight is 243 g/mol. The smallest absolute Gasteiger partial charge is 0.119 e. The van der Waals surface area contributed by atoms with E-state index >= 15 is 0 Å². The molecule has 1 aromatic carbocycles. The van der Waals surface area contributed by atoms with Crippen LogP contribution < -0.4 is 10.1 Å². The van der Waals surface area contributed by atoms with Crippen molar-refractivity contribution < 1.29 is 4.74 Å². The topological polar surface area (TPSA) is 47.0 Å². The highest BCUT2D eigenvalue weighted by Gasteiger charge is 2.10. The Morgan fingerprint density at radius 3 is 2.39 bits per heavy atom. The molecule has 0 aliphatic rings. The molecule has 2 aromatic rings. The summed E-state index contributed by atoms with van der Waals surface area (Å²) < 4.78 is 5.13. The van der Waals surface area contributed by atoms with Gasteiger partial charge in [-0.3, -0.25) is 9.97 Å². The Hall–Kier alpha value is -2.10. The van der Waals surface area contributed by atoms with E-state index in [1.165, 1.54) is 0 Å². The van der Waals surface area contributed by atoms with Crippen LogP contribution in [0.25, 0.3) is 0 Å². The van der Waals surface area contributed by atoms with Crippen molar-refractivity contribution in [3.8, 4) is 5.75 Å². The lowest BCUT2D eigenvalue weighted by Crippen LogP contribution is -2.10. The normalized spacial score (nSPS) is 11.9. The predicted molar refractivity (Wildman–Crippen MR) is 71.8 cm³/mol. The number of nitrogens with one attached hydrogen (secondary N) is 1. The minimum Gasteiger partial charge on any atom is -0.497 e. The van der Waals surface area contributed by atoms with Crippen molar-refractivity contribution in [1.82, 2.24) is 9.97 Å². The van der Waals surface area contributed by atoms with Gasteiger partial charge in [-0.25, -0.2) is 0 Å². The van der Waals surface area contributed by atoms with Gasteiger partial charge in [-0.05, 0) is 38.1 Å². The fourth-order valence-corrected chi connectivity index (χ4v) is 1.85. The van der Waals surface area contributed by atoms with Crippen LogP contribution in [0.1, 0.15) is 24.4 Å². The standard InChI is InChI=1S/C14H17N3O/c1-10-14(16-9-8-15-10)11(2)17-12-4-6-13(18-3)7-5-12/h4-9,11,17H,1-3H3. The third-order valence-electron chi connectivity index (χ3n) is 2.80. The van der Waals surface area contributed by atoms with E-state index in [9.17, 15) is 0 Å². The van der Waals surface area contributed by atoms with Crippen LogP contribution in [0, 0.1) is 6.92 Å². The van der Waals surface area contributed by atoms with Crippen LogP contribution in [0.4, 0.5) is 5.69 Å². The fourth-order valence-electron chi connectivity index (χ4n) is 1.85. The molecule has 0 spiro atoms. The third kappa shape index (κ3) is 2.77. The molecular formula is C14H17N3O. The summed E-state index contributed by atoms with van der Waals surface area (Å²) in [4.78, 5) is 8.61. The second-order valence-corrected chi connectivity index (χ2v) is 4.12. The van der Waals surface area contributed by atoms with Gasteiger partial charge in [0.1, 0.15) is 5.75 Å². The number of nitrogens with zero attached hydrogens (tertiary/aromatic N) is 2. The summed E-state index contributed by atoms with van der Waals surface area (Å²) in [6.07, 6.45) is 3.42. The lowest BCUT2D eigenvalue weighted by atomic mass is 10.1. The molecule has 1 atom stereocenters. The van der Waals surface area contributed by atoms with Crippen molar-refractivity contribution in [2.45, 2.75) is 19.9 Å². The fraction of sp³-hybridized carbons (Fsp3) is 0.286. The monoisotopic (exact) mass is 243 g/mol. The molecule has 0 bridgehead atoms. The van der Waals surface area contributed by atoms with Crippen molar-refractivity contribution >= 4 is 5.69 Å². The van der Waals surface area contributed by atoms with Gasteiger partial charge in [-0.1, -0.05) is 0 Å². The molecule has 1 unspecified atom stereocenters. The molecule has 18 heavy (non-hydrogen) atoms. The highest BCUT2D eigenvalue weighted by Crippen LogP contribution is 2.21. The Labute approximate surface area is 107 Å². The van der Waals surface area contributed by atoms with E-state index in [4.69, 9.17) is 4.74 Å². The number of aryl methyl sites for hydroxylation is 1. The Morgan fingerprint density at radius 1 is 1.11 bits per heavy atom. The van der Waals surface area contributed by atoms with E-state index < -0.39 is 0 Å². The number of rotatable bonds is 4. The van der Waals surface area contributed by atoms with Gasteiger partial charge >= 0.3 is 0 Å². The van der Waals surface area contributed by atoms with Gasteiger partial charge in [-0.2, -0.15) is 0 Å². The number of benzene rings is 1. The zero-order valence-electron chi connectivity index (χ0n) is 10.8. The Balaban J connectivity index is 2.11. The first-order valence-corrected chi connectivity index (χ1v) is 5.89. The zero-order chi connectivity index (χ0) is 13.0. The van der Waals surface area contributed by atoms with Crippen molar-refractivity contribution in [2.24, 2.45) is 0 Å². The lowest BCUT2D eigenvalue weighted by Gasteiger charge is -2.16. The van der Waals surface area contributed by atoms with E-state index in [1.54, 1.807) is 19.5 Å². The third-order valence-corrected chi connectivity index (χ3v) is 2.80. The molecule has 1 aromatic heterocycles. The molecule has 0 radical (unpaired) electrons. The summed E-state index contributed by atoms with van der Waals surface area (Å²) in [6, 6.07) is 7.95. The summed E-state index contributed by atoms with van der Waals surface area (Å²) in [5, 5.41) is 3.39. The van der Waals surface area contributed by atoms with Crippen LogP contribution in [0.3, 0.4) is 0 Å². The summed E-state index contributed by atoms with van der Waals surface area (Å²) in [5.41, 5.74) is 2.95. The lowest BCUT2D eigenvalue weighted by molar-refractivity contribution is 0.415. The van der Waals surface area contributed by atoms with Gasteiger partial charge in [0, 0.05) is 18.1 Å². The first-order valence-electron chi connectivity index (χ1n) is 5.89. The second-order valence-electron chi connectivity index (χ2n) is 4.12.